The Morgan fingerprint density at radius 2 is 1.88 bits per heavy atom. The van der Waals surface area contributed by atoms with E-state index in [2.05, 4.69) is 26.8 Å². The number of hydrogen-bond acceptors (Lipinski definition) is 10. The summed E-state index contributed by atoms with van der Waals surface area (Å²) >= 11 is 0. The number of carbonyl (C=O) groups excluding carboxylic acids is 2. The number of rotatable bonds is 10. The van der Waals surface area contributed by atoms with Crippen molar-refractivity contribution in [3.63, 3.8) is 0 Å². The number of piperazine rings is 1. The fourth-order valence-corrected chi connectivity index (χ4v) is 5.43. The molecule has 0 saturated carbocycles. The van der Waals surface area contributed by atoms with Crippen molar-refractivity contribution in [2.24, 2.45) is 4.99 Å². The van der Waals surface area contributed by atoms with Crippen molar-refractivity contribution in [2.75, 3.05) is 77.8 Å². The van der Waals surface area contributed by atoms with Gasteiger partial charge in [-0.15, -0.1) is 0 Å². The second-order valence-electron chi connectivity index (χ2n) is 9.99. The molecular formula is C30H34N6O5. The Balaban J connectivity index is 1.27. The van der Waals surface area contributed by atoms with Gasteiger partial charge in [0.15, 0.2) is 11.5 Å². The predicted octanol–water partition coefficient (Wildman–Crippen LogP) is 1.69. The van der Waals surface area contributed by atoms with Crippen molar-refractivity contribution >= 4 is 24.3 Å². The highest BCUT2D eigenvalue weighted by atomic mass is 16.5. The minimum absolute atomic E-state index is 0.307. The number of hydrazine groups is 1. The number of dihydropyridines is 1. The molecule has 41 heavy (non-hydrogen) atoms. The van der Waals surface area contributed by atoms with Gasteiger partial charge in [-0.05, 0) is 42.8 Å². The number of carbonyl (C=O) groups is 1. The zero-order chi connectivity index (χ0) is 28.6. The maximum absolute atomic E-state index is 12.0. The molecule has 1 aliphatic carbocycles. The van der Waals surface area contributed by atoms with Crippen LogP contribution < -0.4 is 5.01 Å². The Labute approximate surface area is 239 Å². The smallest absolute Gasteiger partial charge is 0.228 e. The fourth-order valence-electron chi connectivity index (χ4n) is 5.43. The van der Waals surface area contributed by atoms with E-state index in [4.69, 9.17) is 19.5 Å². The Bertz CT molecular complexity index is 1320. The van der Waals surface area contributed by atoms with E-state index in [9.17, 15) is 9.59 Å². The number of ether oxygens (including phenoxy) is 3. The number of amides is 1. The number of allylic oxidation sites excluding steroid dienone is 1. The molecule has 0 radical (unpaired) electrons. The van der Waals surface area contributed by atoms with Gasteiger partial charge < -0.3 is 19.1 Å². The summed E-state index contributed by atoms with van der Waals surface area (Å²) in [6.07, 6.45) is 7.09. The molecule has 0 spiro atoms. The molecule has 11 heteroatoms. The number of aliphatic imine (C=N–C) groups is 1. The molecule has 0 aromatic heterocycles. The minimum Gasteiger partial charge on any atom is -0.493 e. The van der Waals surface area contributed by atoms with E-state index >= 15 is 0 Å². The quantitative estimate of drug-likeness (QED) is 0.241. The van der Waals surface area contributed by atoms with Gasteiger partial charge in [-0.3, -0.25) is 14.7 Å². The summed E-state index contributed by atoms with van der Waals surface area (Å²) in [6.45, 7) is 7.22. The van der Waals surface area contributed by atoms with E-state index in [1.807, 2.05) is 17.2 Å². The van der Waals surface area contributed by atoms with Crippen LogP contribution in [0.3, 0.4) is 0 Å². The number of nitrogens with zero attached hydrogens (tertiary/aromatic N) is 6. The highest BCUT2D eigenvalue weighted by Crippen LogP contribution is 2.34. The molecule has 5 rings (SSSR count). The molecule has 1 atom stereocenters. The van der Waals surface area contributed by atoms with Crippen LogP contribution in [0.5, 0.6) is 0 Å². The molecule has 3 aliphatic heterocycles. The molecule has 214 valence electrons. The van der Waals surface area contributed by atoms with Crippen LogP contribution in [0.4, 0.5) is 5.69 Å². The molecule has 1 aromatic rings. The normalized spacial score (nSPS) is 21.3. The van der Waals surface area contributed by atoms with Crippen LogP contribution in [-0.4, -0.2) is 112 Å². The Hall–Kier alpha value is -4.20. The van der Waals surface area contributed by atoms with E-state index in [1.165, 1.54) is 0 Å². The van der Waals surface area contributed by atoms with Crippen LogP contribution in [0.25, 0.3) is 0 Å². The molecule has 1 amide bonds. The highest BCUT2D eigenvalue weighted by Gasteiger charge is 2.33. The Morgan fingerprint density at radius 3 is 2.54 bits per heavy atom. The van der Waals surface area contributed by atoms with Crippen molar-refractivity contribution in [1.29, 1.82) is 5.26 Å². The number of nitriles is 1. The number of methoxy groups -OCH3 is 1. The standard InChI is InChI=1S/C30H34N6O5/c1-39-28-17-26-27(18-29(28)41-14-2-7-33-12-15-40-16-13-33)32-20-24(21-37)30(26)34-8-10-35(11-9-34)36(22-38)25-5-3-23(19-31)4-6-25/h3-6,17-18,20,22,27H,2,7-16H2,1H3. The summed E-state index contributed by atoms with van der Waals surface area (Å²) in [5, 5.41) is 12.6. The van der Waals surface area contributed by atoms with Crippen LogP contribution in [0.1, 0.15) is 12.0 Å². The summed E-state index contributed by atoms with van der Waals surface area (Å²) in [6, 6.07) is 8.68. The van der Waals surface area contributed by atoms with Crippen LogP contribution in [0, 0.1) is 11.3 Å². The summed E-state index contributed by atoms with van der Waals surface area (Å²) in [5.41, 5.74) is 3.24. The zero-order valence-corrected chi connectivity index (χ0v) is 23.2. The largest absolute Gasteiger partial charge is 0.493 e. The molecule has 2 fully saturated rings. The van der Waals surface area contributed by atoms with Gasteiger partial charge in [0.2, 0.25) is 6.41 Å². The Kier molecular flexibility index (Phi) is 9.29. The van der Waals surface area contributed by atoms with Crippen molar-refractivity contribution in [3.8, 4) is 6.07 Å². The highest BCUT2D eigenvalue weighted by molar-refractivity contribution is 5.97. The number of fused-ring (bicyclic) bond motifs is 1. The van der Waals surface area contributed by atoms with E-state index in [1.54, 1.807) is 42.6 Å². The monoisotopic (exact) mass is 558 g/mol. The third kappa shape index (κ3) is 6.42. The number of benzene rings is 1. The molecule has 2 saturated heterocycles. The predicted molar refractivity (Wildman–Crippen MR) is 152 cm³/mol. The first-order valence-electron chi connectivity index (χ1n) is 13.8. The second kappa shape index (κ2) is 13.4. The molecule has 3 heterocycles. The molecule has 0 N–H and O–H groups in total. The molecule has 11 nitrogen and oxygen atoms in total. The van der Waals surface area contributed by atoms with Gasteiger partial charge in [-0.2, -0.15) is 5.26 Å². The first kappa shape index (κ1) is 28.3. The lowest BCUT2D eigenvalue weighted by molar-refractivity contribution is -0.110. The lowest BCUT2D eigenvalue weighted by Gasteiger charge is -2.42. The maximum atomic E-state index is 12.0. The fraction of sp³-hybridized carbons (Fsp3) is 0.433. The maximum Gasteiger partial charge on any atom is 0.228 e. The van der Waals surface area contributed by atoms with Crippen LogP contribution >= 0.6 is 0 Å². The zero-order valence-electron chi connectivity index (χ0n) is 23.2. The Morgan fingerprint density at radius 1 is 1.12 bits per heavy atom. The van der Waals surface area contributed by atoms with E-state index in [0.717, 1.165) is 56.9 Å². The molecule has 4 aliphatic rings. The summed E-state index contributed by atoms with van der Waals surface area (Å²) in [5.74, 6) is 3.30. The topological polar surface area (TPSA) is 111 Å². The van der Waals surface area contributed by atoms with Gasteiger partial charge >= 0.3 is 0 Å². The van der Waals surface area contributed by atoms with Gasteiger partial charge in [-0.1, -0.05) is 0 Å². The van der Waals surface area contributed by atoms with Crippen molar-refractivity contribution < 1.29 is 23.8 Å². The van der Waals surface area contributed by atoms with Gasteiger partial charge in [-0.25, -0.2) is 14.8 Å². The van der Waals surface area contributed by atoms with Crippen molar-refractivity contribution in [1.82, 2.24) is 14.8 Å². The number of anilines is 1. The number of morpholine rings is 1. The van der Waals surface area contributed by atoms with Crippen LogP contribution in [0.15, 0.2) is 69.8 Å². The van der Waals surface area contributed by atoms with Gasteiger partial charge in [0.1, 0.15) is 11.5 Å². The lowest BCUT2D eigenvalue weighted by Crippen LogP contribution is -2.53. The third-order valence-corrected chi connectivity index (χ3v) is 7.60. The lowest BCUT2D eigenvalue weighted by atomic mass is 9.92. The molecule has 0 bridgehead atoms. The van der Waals surface area contributed by atoms with Crippen molar-refractivity contribution in [2.45, 2.75) is 12.5 Å². The number of hydrogen-bond donors (Lipinski definition) is 0. The summed E-state index contributed by atoms with van der Waals surface area (Å²) < 4.78 is 17.2. The van der Waals surface area contributed by atoms with Gasteiger partial charge in [0.05, 0.1) is 56.0 Å². The van der Waals surface area contributed by atoms with Crippen LogP contribution in [-0.2, 0) is 23.8 Å². The summed E-state index contributed by atoms with van der Waals surface area (Å²) in [4.78, 5) is 33.1. The van der Waals surface area contributed by atoms with Crippen molar-refractivity contribution in [3.05, 3.63) is 70.3 Å². The van der Waals surface area contributed by atoms with E-state index in [-0.39, 0.29) is 6.04 Å². The van der Waals surface area contributed by atoms with Gasteiger partial charge in [0.25, 0.3) is 0 Å². The first-order chi connectivity index (χ1) is 20.1. The van der Waals surface area contributed by atoms with Crippen LogP contribution in [0.2, 0.25) is 0 Å². The first-order valence-corrected chi connectivity index (χ1v) is 13.8. The second-order valence-corrected chi connectivity index (χ2v) is 9.99. The van der Waals surface area contributed by atoms with E-state index < -0.39 is 0 Å². The van der Waals surface area contributed by atoms with Gasteiger partial charge in [0, 0.05) is 57.6 Å². The summed E-state index contributed by atoms with van der Waals surface area (Å²) in [7, 11) is 1.61. The third-order valence-electron chi connectivity index (χ3n) is 7.60. The minimum atomic E-state index is -0.307. The average molecular weight is 559 g/mol. The van der Waals surface area contributed by atoms with E-state index in [0.29, 0.717) is 61.1 Å². The molecular weight excluding hydrogens is 524 g/mol. The molecule has 1 aromatic carbocycles. The molecule has 1 unspecified atom stereocenters. The average Bonchev–Trinajstić information content (AvgIpc) is 3.03. The SMILES string of the molecule is COC1=CC2=C(N3CCN(N(C=O)c4ccc(C#N)cc4)CC3)C(=C=O)C=NC2C=C1OCCCN1CCOCC1.